The second kappa shape index (κ2) is 9.24. The summed E-state index contributed by atoms with van der Waals surface area (Å²) in [6, 6.07) is 16.2. The molecule has 0 unspecified atom stereocenters. The normalized spacial score (nSPS) is 11.1. The summed E-state index contributed by atoms with van der Waals surface area (Å²) in [5.74, 6) is 0.919. The Morgan fingerprint density at radius 3 is 2.70 bits per heavy atom. The molecule has 5 heteroatoms. The van der Waals surface area contributed by atoms with Crippen LogP contribution in [0.4, 0.5) is 0 Å². The summed E-state index contributed by atoms with van der Waals surface area (Å²) in [6.07, 6.45) is 2.84. The summed E-state index contributed by atoms with van der Waals surface area (Å²) in [5.41, 5.74) is 3.52. The van der Waals surface area contributed by atoms with E-state index < -0.39 is 0 Å². The summed E-state index contributed by atoms with van der Waals surface area (Å²) in [7, 11) is 1.95. The Labute approximate surface area is 160 Å². The Morgan fingerprint density at radius 1 is 1.15 bits per heavy atom. The van der Waals surface area contributed by atoms with Crippen molar-refractivity contribution in [1.82, 2.24) is 15.2 Å². The highest BCUT2D eigenvalue weighted by atomic mass is 16.5. The molecule has 0 aliphatic carbocycles. The molecule has 0 spiro atoms. The van der Waals surface area contributed by atoms with Gasteiger partial charge in [0.1, 0.15) is 5.75 Å². The third-order valence-corrected chi connectivity index (χ3v) is 4.49. The lowest BCUT2D eigenvalue weighted by atomic mass is 10.1. The van der Waals surface area contributed by atoms with E-state index in [4.69, 9.17) is 4.74 Å². The molecule has 0 saturated carbocycles. The van der Waals surface area contributed by atoms with Gasteiger partial charge in [-0.15, -0.1) is 0 Å². The molecule has 0 aliphatic rings. The first-order valence-electron chi connectivity index (χ1n) is 9.37. The molecular weight excluding hydrogens is 338 g/mol. The number of aromatic nitrogens is 1. The number of ether oxygens (including phenoxy) is 1. The molecule has 2 N–H and O–H groups in total. The number of amides is 1. The number of nitrogens with one attached hydrogen (secondary N) is 2. The highest BCUT2D eigenvalue weighted by Crippen LogP contribution is 2.17. The Bertz CT molecular complexity index is 871. The molecule has 3 rings (SSSR count). The molecule has 0 bridgehead atoms. The molecule has 0 atom stereocenters. The van der Waals surface area contributed by atoms with E-state index >= 15 is 0 Å². The molecule has 2 aromatic carbocycles. The minimum Gasteiger partial charge on any atom is -0.494 e. The average Bonchev–Trinajstić information content (AvgIpc) is 3.07. The fourth-order valence-corrected chi connectivity index (χ4v) is 3.20. The molecule has 0 aliphatic heterocycles. The molecule has 3 aromatic rings. The summed E-state index contributed by atoms with van der Waals surface area (Å²) < 4.78 is 5.45. The number of rotatable bonds is 9. The minimum absolute atomic E-state index is 0.0447. The quantitative estimate of drug-likeness (QED) is 0.611. The van der Waals surface area contributed by atoms with E-state index in [0.29, 0.717) is 19.7 Å². The molecule has 27 heavy (non-hydrogen) atoms. The lowest BCUT2D eigenvalue weighted by molar-refractivity contribution is -0.122. The second-order valence-electron chi connectivity index (χ2n) is 6.71. The highest BCUT2D eigenvalue weighted by Gasteiger charge is 2.08. The van der Waals surface area contributed by atoms with Crippen molar-refractivity contribution in [2.45, 2.75) is 19.9 Å². The number of para-hydroxylation sites is 1. The van der Waals surface area contributed by atoms with Crippen LogP contribution in [0, 0.1) is 0 Å². The van der Waals surface area contributed by atoms with Crippen molar-refractivity contribution in [2.75, 3.05) is 26.7 Å². The van der Waals surface area contributed by atoms with Gasteiger partial charge in [-0.2, -0.15) is 0 Å². The van der Waals surface area contributed by atoms with Gasteiger partial charge in [-0.3, -0.25) is 9.69 Å². The van der Waals surface area contributed by atoms with Crippen LogP contribution >= 0.6 is 0 Å². The van der Waals surface area contributed by atoms with Crippen molar-refractivity contribution in [2.24, 2.45) is 0 Å². The summed E-state index contributed by atoms with van der Waals surface area (Å²) in [4.78, 5) is 17.5. The Balaban J connectivity index is 1.42. The molecular formula is C22H27N3O2. The van der Waals surface area contributed by atoms with Crippen LogP contribution in [0.2, 0.25) is 0 Å². The maximum atomic E-state index is 12.2. The molecule has 142 valence electrons. The predicted octanol–water partition coefficient (Wildman–Crippen LogP) is 3.36. The maximum absolute atomic E-state index is 12.2. The molecule has 1 aromatic heterocycles. The smallest absolute Gasteiger partial charge is 0.234 e. The number of fused-ring (bicyclic) bond motifs is 1. The van der Waals surface area contributed by atoms with Crippen LogP contribution < -0.4 is 10.1 Å². The van der Waals surface area contributed by atoms with Crippen molar-refractivity contribution in [3.63, 3.8) is 0 Å². The van der Waals surface area contributed by atoms with Crippen LogP contribution in [-0.4, -0.2) is 42.5 Å². The van der Waals surface area contributed by atoms with Gasteiger partial charge in [-0.1, -0.05) is 30.3 Å². The largest absolute Gasteiger partial charge is 0.494 e. The minimum atomic E-state index is 0.0447. The SMILES string of the molecule is CCOc1ccc(CN(C)CC(=O)NCCc2c[nH]c3ccccc23)cc1. The van der Waals surface area contributed by atoms with Gasteiger partial charge in [0, 0.05) is 30.2 Å². The number of hydrogen-bond acceptors (Lipinski definition) is 3. The molecule has 0 saturated heterocycles. The topological polar surface area (TPSA) is 57.4 Å². The molecule has 1 heterocycles. The standard InChI is InChI=1S/C22H27N3O2/c1-3-27-19-10-8-17(9-11-19)15-25(2)16-22(26)23-13-12-18-14-24-21-7-5-4-6-20(18)21/h4-11,14,24H,3,12-13,15-16H2,1-2H3,(H,23,26). The Kier molecular flexibility index (Phi) is 6.49. The molecule has 0 fully saturated rings. The summed E-state index contributed by atoms with van der Waals surface area (Å²) in [6.45, 7) is 4.37. The first-order chi connectivity index (χ1) is 13.2. The van der Waals surface area contributed by atoms with Crippen molar-refractivity contribution < 1.29 is 9.53 Å². The van der Waals surface area contributed by atoms with Gasteiger partial charge in [0.2, 0.25) is 5.91 Å². The molecule has 0 radical (unpaired) electrons. The van der Waals surface area contributed by atoms with E-state index in [0.717, 1.165) is 29.8 Å². The van der Waals surface area contributed by atoms with Crippen molar-refractivity contribution in [3.05, 3.63) is 65.9 Å². The van der Waals surface area contributed by atoms with Gasteiger partial charge in [-0.05, 0) is 49.7 Å². The van der Waals surface area contributed by atoms with Gasteiger partial charge in [-0.25, -0.2) is 0 Å². The van der Waals surface area contributed by atoms with E-state index in [-0.39, 0.29) is 5.91 Å². The summed E-state index contributed by atoms with van der Waals surface area (Å²) in [5, 5.41) is 4.24. The fourth-order valence-electron chi connectivity index (χ4n) is 3.20. The lowest BCUT2D eigenvalue weighted by Crippen LogP contribution is -2.35. The van der Waals surface area contributed by atoms with Gasteiger partial charge in [0.15, 0.2) is 0 Å². The van der Waals surface area contributed by atoms with Crippen molar-refractivity contribution >= 4 is 16.8 Å². The van der Waals surface area contributed by atoms with Crippen LogP contribution in [0.5, 0.6) is 5.75 Å². The van der Waals surface area contributed by atoms with E-state index in [9.17, 15) is 4.79 Å². The molecule has 1 amide bonds. The van der Waals surface area contributed by atoms with E-state index in [1.807, 2.05) is 61.5 Å². The predicted molar refractivity (Wildman–Crippen MR) is 109 cm³/mol. The van der Waals surface area contributed by atoms with Crippen LogP contribution in [0.3, 0.4) is 0 Å². The average molecular weight is 365 g/mol. The number of benzene rings is 2. The van der Waals surface area contributed by atoms with E-state index in [1.54, 1.807) is 0 Å². The van der Waals surface area contributed by atoms with Gasteiger partial charge < -0.3 is 15.0 Å². The van der Waals surface area contributed by atoms with Gasteiger partial charge in [0.05, 0.1) is 13.2 Å². The summed E-state index contributed by atoms with van der Waals surface area (Å²) >= 11 is 0. The van der Waals surface area contributed by atoms with Crippen LogP contribution in [0.1, 0.15) is 18.1 Å². The maximum Gasteiger partial charge on any atom is 0.234 e. The number of carbonyl (C=O) groups excluding carboxylic acids is 1. The number of likely N-dealkylation sites (N-methyl/N-ethyl adjacent to an activating group) is 1. The monoisotopic (exact) mass is 365 g/mol. The number of aromatic amines is 1. The number of hydrogen-bond donors (Lipinski definition) is 2. The van der Waals surface area contributed by atoms with Gasteiger partial charge >= 0.3 is 0 Å². The zero-order valence-electron chi connectivity index (χ0n) is 16.0. The number of H-pyrrole nitrogens is 1. The van der Waals surface area contributed by atoms with Crippen molar-refractivity contribution in [3.8, 4) is 5.75 Å². The third kappa shape index (κ3) is 5.34. The first kappa shape index (κ1) is 19.0. The Morgan fingerprint density at radius 2 is 1.93 bits per heavy atom. The lowest BCUT2D eigenvalue weighted by Gasteiger charge is -2.16. The zero-order valence-corrected chi connectivity index (χ0v) is 16.0. The van der Waals surface area contributed by atoms with Crippen LogP contribution in [-0.2, 0) is 17.8 Å². The van der Waals surface area contributed by atoms with Crippen molar-refractivity contribution in [1.29, 1.82) is 0 Å². The Hall–Kier alpha value is -2.79. The number of nitrogens with zero attached hydrogens (tertiary/aromatic N) is 1. The second-order valence-corrected chi connectivity index (χ2v) is 6.71. The highest BCUT2D eigenvalue weighted by molar-refractivity contribution is 5.83. The fraction of sp³-hybridized carbons (Fsp3) is 0.318. The third-order valence-electron chi connectivity index (χ3n) is 4.49. The number of carbonyl (C=O) groups is 1. The van der Waals surface area contributed by atoms with E-state index in [2.05, 4.69) is 22.4 Å². The van der Waals surface area contributed by atoms with E-state index in [1.165, 1.54) is 10.9 Å². The van der Waals surface area contributed by atoms with Gasteiger partial charge in [0.25, 0.3) is 0 Å². The molecule has 5 nitrogen and oxygen atoms in total. The first-order valence-corrected chi connectivity index (χ1v) is 9.37. The van der Waals surface area contributed by atoms with Crippen LogP contribution in [0.25, 0.3) is 10.9 Å². The van der Waals surface area contributed by atoms with Crippen LogP contribution in [0.15, 0.2) is 54.7 Å². The zero-order chi connectivity index (χ0) is 19.1.